The Hall–Kier alpha value is -2.26. The molecule has 0 spiro atoms. The van der Waals surface area contributed by atoms with E-state index in [-0.39, 0.29) is 28.9 Å². The number of carbonyl (C=O) groups is 2. The van der Waals surface area contributed by atoms with E-state index in [2.05, 4.69) is 10.1 Å². The van der Waals surface area contributed by atoms with Gasteiger partial charge in [0, 0.05) is 13.1 Å². The molecule has 0 bridgehead atoms. The van der Waals surface area contributed by atoms with E-state index in [4.69, 9.17) is 33.3 Å². The fourth-order valence-electron chi connectivity index (χ4n) is 2.59. The maximum Gasteiger partial charge on any atom is 0.325 e. The SMILES string of the molecule is COC(=O)CNC(=S)N1CCCN1C(=O)c1c(OC)ccc(Cl)c1OC. The fraction of sp³-hybridized carbons (Fsp3) is 0.438. The third-order valence-corrected chi connectivity index (χ3v) is 4.47. The maximum absolute atomic E-state index is 13.2. The predicted octanol–water partition coefficient (Wildman–Crippen LogP) is 1.47. The number of nitrogens with zero attached hydrogens (tertiary/aromatic N) is 2. The molecule has 0 aromatic heterocycles. The predicted molar refractivity (Wildman–Crippen MR) is 99.5 cm³/mol. The van der Waals surface area contributed by atoms with Crippen LogP contribution < -0.4 is 14.8 Å². The van der Waals surface area contributed by atoms with Crippen LogP contribution in [0.15, 0.2) is 12.1 Å². The number of halogens is 1. The molecule has 142 valence electrons. The molecule has 0 radical (unpaired) electrons. The van der Waals surface area contributed by atoms with E-state index in [1.165, 1.54) is 26.3 Å². The molecule has 1 aromatic carbocycles. The first kappa shape index (κ1) is 20.1. The topological polar surface area (TPSA) is 80.3 Å². The summed E-state index contributed by atoms with van der Waals surface area (Å²) in [5.41, 5.74) is 0.213. The Bertz CT molecular complexity index is 715. The molecule has 0 aliphatic carbocycles. The molecular weight excluding hydrogens is 382 g/mol. The third kappa shape index (κ3) is 4.10. The zero-order chi connectivity index (χ0) is 19.3. The van der Waals surface area contributed by atoms with Crippen LogP contribution in [0, 0.1) is 0 Å². The molecule has 10 heteroatoms. The number of benzene rings is 1. The van der Waals surface area contributed by atoms with Crippen molar-refractivity contribution < 1.29 is 23.8 Å². The van der Waals surface area contributed by atoms with Gasteiger partial charge in [0.2, 0.25) is 0 Å². The number of methoxy groups -OCH3 is 3. The normalized spacial score (nSPS) is 13.4. The fourth-order valence-corrected chi connectivity index (χ4v) is 3.08. The molecule has 0 unspecified atom stereocenters. The average molecular weight is 402 g/mol. The summed E-state index contributed by atoms with van der Waals surface area (Å²) in [6.45, 7) is 0.902. The summed E-state index contributed by atoms with van der Waals surface area (Å²) in [6.07, 6.45) is 0.719. The first-order valence-electron chi connectivity index (χ1n) is 7.79. The van der Waals surface area contributed by atoms with Crippen LogP contribution in [0.2, 0.25) is 5.02 Å². The Morgan fingerprint density at radius 2 is 1.88 bits per heavy atom. The summed E-state index contributed by atoms with van der Waals surface area (Å²) in [4.78, 5) is 24.4. The minimum absolute atomic E-state index is 0.0856. The third-order valence-electron chi connectivity index (χ3n) is 3.82. The zero-order valence-electron chi connectivity index (χ0n) is 14.7. The lowest BCUT2D eigenvalue weighted by molar-refractivity contribution is -0.139. The molecule has 1 aliphatic heterocycles. The smallest absolute Gasteiger partial charge is 0.325 e. The molecule has 1 aromatic rings. The van der Waals surface area contributed by atoms with Gasteiger partial charge in [0.15, 0.2) is 10.9 Å². The highest BCUT2D eigenvalue weighted by molar-refractivity contribution is 7.80. The van der Waals surface area contributed by atoms with Crippen LogP contribution in [0.25, 0.3) is 0 Å². The van der Waals surface area contributed by atoms with E-state index in [1.807, 2.05) is 0 Å². The molecule has 0 saturated carbocycles. The second-order valence-corrected chi connectivity index (χ2v) is 6.09. The lowest BCUT2D eigenvalue weighted by Gasteiger charge is -2.30. The van der Waals surface area contributed by atoms with Crippen molar-refractivity contribution in [3.05, 3.63) is 22.7 Å². The molecule has 1 amide bonds. The minimum Gasteiger partial charge on any atom is -0.496 e. The van der Waals surface area contributed by atoms with Gasteiger partial charge in [0.25, 0.3) is 5.91 Å². The van der Waals surface area contributed by atoms with Gasteiger partial charge in [-0.2, -0.15) is 0 Å². The number of rotatable bonds is 5. The molecule has 8 nitrogen and oxygen atoms in total. The number of hydrazine groups is 1. The summed E-state index contributed by atoms with van der Waals surface area (Å²) >= 11 is 11.5. The second-order valence-electron chi connectivity index (χ2n) is 5.30. The highest BCUT2D eigenvalue weighted by atomic mass is 35.5. The lowest BCUT2D eigenvalue weighted by atomic mass is 10.1. The van der Waals surface area contributed by atoms with Gasteiger partial charge in [0.1, 0.15) is 17.9 Å². The van der Waals surface area contributed by atoms with E-state index in [0.717, 1.165) is 6.42 Å². The Labute approximate surface area is 161 Å². The zero-order valence-corrected chi connectivity index (χ0v) is 16.3. The Morgan fingerprint density at radius 1 is 1.19 bits per heavy atom. The van der Waals surface area contributed by atoms with Crippen LogP contribution in [-0.4, -0.2) is 68.0 Å². The van der Waals surface area contributed by atoms with Crippen molar-refractivity contribution in [2.45, 2.75) is 6.42 Å². The number of esters is 1. The van der Waals surface area contributed by atoms with E-state index in [1.54, 1.807) is 17.1 Å². The van der Waals surface area contributed by atoms with Gasteiger partial charge in [-0.3, -0.25) is 14.6 Å². The van der Waals surface area contributed by atoms with Crippen molar-refractivity contribution >= 4 is 40.8 Å². The molecule has 1 saturated heterocycles. The number of hydrogen-bond acceptors (Lipinski definition) is 6. The van der Waals surface area contributed by atoms with Gasteiger partial charge < -0.3 is 19.5 Å². The van der Waals surface area contributed by atoms with Crippen molar-refractivity contribution in [1.29, 1.82) is 0 Å². The van der Waals surface area contributed by atoms with Crippen LogP contribution in [0.1, 0.15) is 16.8 Å². The quantitative estimate of drug-likeness (QED) is 0.587. The van der Waals surface area contributed by atoms with Crippen molar-refractivity contribution in [2.24, 2.45) is 0 Å². The van der Waals surface area contributed by atoms with Crippen molar-refractivity contribution in [1.82, 2.24) is 15.3 Å². The van der Waals surface area contributed by atoms with Crippen molar-refractivity contribution in [2.75, 3.05) is 41.0 Å². The van der Waals surface area contributed by atoms with Gasteiger partial charge >= 0.3 is 5.97 Å². The minimum atomic E-state index is -0.456. The van der Waals surface area contributed by atoms with E-state index in [9.17, 15) is 9.59 Å². The molecule has 26 heavy (non-hydrogen) atoms. The Morgan fingerprint density at radius 3 is 2.50 bits per heavy atom. The van der Waals surface area contributed by atoms with Crippen LogP contribution >= 0.6 is 23.8 Å². The van der Waals surface area contributed by atoms with Crippen LogP contribution in [-0.2, 0) is 9.53 Å². The standard InChI is InChI=1S/C16H20ClN3O5S/c1-23-11-6-5-10(17)14(25-3)13(11)15(22)19-7-4-8-20(19)16(26)18-9-12(21)24-2/h5-6H,4,7-9H2,1-3H3,(H,18,26). The van der Waals surface area contributed by atoms with Gasteiger partial charge in [-0.05, 0) is 30.8 Å². The maximum atomic E-state index is 13.2. The summed E-state index contributed by atoms with van der Waals surface area (Å²) < 4.78 is 15.2. The first-order valence-corrected chi connectivity index (χ1v) is 8.57. The van der Waals surface area contributed by atoms with E-state index < -0.39 is 5.97 Å². The Balaban J connectivity index is 2.27. The second kappa shape index (κ2) is 8.91. The monoisotopic (exact) mass is 401 g/mol. The molecule has 1 fully saturated rings. The van der Waals surface area contributed by atoms with Crippen LogP contribution in [0.4, 0.5) is 0 Å². The number of amides is 1. The lowest BCUT2D eigenvalue weighted by Crippen LogP contribution is -2.50. The largest absolute Gasteiger partial charge is 0.496 e. The molecule has 2 rings (SSSR count). The summed E-state index contributed by atoms with van der Waals surface area (Å²) in [7, 11) is 4.18. The molecule has 1 N–H and O–H groups in total. The van der Waals surface area contributed by atoms with Crippen LogP contribution in [0.3, 0.4) is 0 Å². The van der Waals surface area contributed by atoms with Crippen molar-refractivity contribution in [3.63, 3.8) is 0 Å². The molecule has 1 aliphatic rings. The van der Waals surface area contributed by atoms with Gasteiger partial charge in [-0.15, -0.1) is 0 Å². The highest BCUT2D eigenvalue weighted by Crippen LogP contribution is 2.36. The summed E-state index contributed by atoms with van der Waals surface area (Å²) in [6, 6.07) is 3.20. The van der Waals surface area contributed by atoms with Gasteiger partial charge in [-0.1, -0.05) is 11.6 Å². The number of thiocarbonyl (C=S) groups is 1. The average Bonchev–Trinajstić information content (AvgIpc) is 3.14. The first-order chi connectivity index (χ1) is 12.4. The van der Waals surface area contributed by atoms with Gasteiger partial charge in [-0.25, -0.2) is 5.01 Å². The highest BCUT2D eigenvalue weighted by Gasteiger charge is 2.33. The summed E-state index contributed by atoms with van der Waals surface area (Å²) in [5.74, 6) is -0.239. The van der Waals surface area contributed by atoms with E-state index >= 15 is 0 Å². The Kier molecular flexibility index (Phi) is 6.87. The number of nitrogens with one attached hydrogen (secondary N) is 1. The molecule has 1 heterocycles. The number of carbonyl (C=O) groups excluding carboxylic acids is 2. The number of hydrogen-bond donors (Lipinski definition) is 1. The van der Waals surface area contributed by atoms with Crippen molar-refractivity contribution in [3.8, 4) is 11.5 Å². The van der Waals surface area contributed by atoms with E-state index in [0.29, 0.717) is 23.9 Å². The van der Waals surface area contributed by atoms with Crippen LogP contribution in [0.5, 0.6) is 11.5 Å². The molecule has 0 atom stereocenters. The molecular formula is C16H20ClN3O5S. The number of ether oxygens (including phenoxy) is 3. The van der Waals surface area contributed by atoms with Gasteiger partial charge in [0.05, 0.1) is 26.4 Å². The summed E-state index contributed by atoms with van der Waals surface area (Å²) in [5, 5.41) is 6.40.